The second kappa shape index (κ2) is 10.7. The zero-order valence-corrected chi connectivity index (χ0v) is 14.5. The Morgan fingerprint density at radius 2 is 1.30 bits per heavy atom. The van der Waals surface area contributed by atoms with Crippen molar-refractivity contribution >= 4 is 7.82 Å². The molecule has 122 valence electrons. The molecule has 0 fully saturated rings. The SMILES string of the molecule is CCCC[N+](CCCC)(CCCC)OP(=O)(O)OCC. The van der Waals surface area contributed by atoms with Crippen molar-refractivity contribution in [3.05, 3.63) is 0 Å². The first kappa shape index (κ1) is 20.1. The molecule has 0 saturated heterocycles. The van der Waals surface area contributed by atoms with Crippen LogP contribution in [0.3, 0.4) is 0 Å². The lowest BCUT2D eigenvalue weighted by atomic mass is 10.2. The summed E-state index contributed by atoms with van der Waals surface area (Å²) in [7, 11) is -3.96. The average Bonchev–Trinajstić information content (AvgIpc) is 2.40. The Balaban J connectivity index is 4.96. The average molecular weight is 310 g/mol. The second-order valence-corrected chi connectivity index (χ2v) is 6.62. The van der Waals surface area contributed by atoms with Crippen molar-refractivity contribution in [1.29, 1.82) is 0 Å². The maximum absolute atomic E-state index is 12.0. The predicted molar refractivity (Wildman–Crippen MR) is 82.1 cm³/mol. The van der Waals surface area contributed by atoms with Gasteiger partial charge < -0.3 is 0 Å². The summed E-state index contributed by atoms with van der Waals surface area (Å²) >= 11 is 0. The molecule has 1 N–H and O–H groups in total. The maximum Gasteiger partial charge on any atom is 0.518 e. The van der Waals surface area contributed by atoms with Crippen LogP contribution in [-0.4, -0.2) is 35.8 Å². The molecule has 0 saturated carbocycles. The van der Waals surface area contributed by atoms with E-state index in [-0.39, 0.29) is 11.3 Å². The predicted octanol–water partition coefficient (Wildman–Crippen LogP) is 4.27. The van der Waals surface area contributed by atoms with Crippen LogP contribution >= 0.6 is 7.82 Å². The molecule has 0 rings (SSSR count). The molecule has 0 aliphatic carbocycles. The number of rotatable bonds is 13. The number of quaternary nitrogens is 1. The van der Waals surface area contributed by atoms with Gasteiger partial charge in [0.05, 0.1) is 6.61 Å². The van der Waals surface area contributed by atoms with Crippen molar-refractivity contribution in [2.24, 2.45) is 0 Å². The molecule has 1 atom stereocenters. The van der Waals surface area contributed by atoms with Gasteiger partial charge in [-0.25, -0.2) is 4.57 Å². The lowest BCUT2D eigenvalue weighted by Gasteiger charge is -2.35. The van der Waals surface area contributed by atoms with Crippen LogP contribution in [-0.2, 0) is 13.7 Å². The van der Waals surface area contributed by atoms with Gasteiger partial charge in [0.25, 0.3) is 0 Å². The van der Waals surface area contributed by atoms with Crippen LogP contribution in [0.1, 0.15) is 66.2 Å². The Bertz CT molecular complexity index is 265. The third kappa shape index (κ3) is 8.38. The van der Waals surface area contributed by atoms with Gasteiger partial charge >= 0.3 is 7.82 Å². The summed E-state index contributed by atoms with van der Waals surface area (Å²) in [5, 5.41) is 0. The van der Waals surface area contributed by atoms with Crippen molar-refractivity contribution in [2.45, 2.75) is 66.2 Å². The highest BCUT2D eigenvalue weighted by Crippen LogP contribution is 2.46. The zero-order chi connectivity index (χ0) is 15.5. The molecule has 0 aliphatic heterocycles. The molecule has 1 unspecified atom stereocenters. The van der Waals surface area contributed by atoms with Gasteiger partial charge in [-0.05, 0) is 26.2 Å². The number of hydrogen-bond donors (Lipinski definition) is 1. The summed E-state index contributed by atoms with van der Waals surface area (Å²) in [5.41, 5.74) is 0. The third-order valence-corrected chi connectivity index (χ3v) is 4.46. The van der Waals surface area contributed by atoms with Gasteiger partial charge in [-0.3, -0.25) is 9.42 Å². The molecule has 5 nitrogen and oxygen atoms in total. The Morgan fingerprint density at radius 1 is 0.900 bits per heavy atom. The molecule has 0 bridgehead atoms. The Labute approximate surface area is 124 Å². The van der Waals surface area contributed by atoms with Gasteiger partial charge in [0.15, 0.2) is 0 Å². The monoisotopic (exact) mass is 310 g/mol. The quantitative estimate of drug-likeness (QED) is 0.313. The highest BCUT2D eigenvalue weighted by atomic mass is 31.2. The van der Waals surface area contributed by atoms with E-state index in [2.05, 4.69) is 20.8 Å². The van der Waals surface area contributed by atoms with Gasteiger partial charge in [0, 0.05) is 0 Å². The highest BCUT2D eigenvalue weighted by Gasteiger charge is 2.38. The van der Waals surface area contributed by atoms with E-state index in [9.17, 15) is 9.46 Å². The van der Waals surface area contributed by atoms with Crippen LogP contribution in [0.25, 0.3) is 0 Å². The fourth-order valence-corrected chi connectivity index (χ4v) is 3.26. The minimum atomic E-state index is -3.96. The molecule has 0 heterocycles. The number of phosphoric acid groups is 1. The molecule has 0 spiro atoms. The number of hydrogen-bond acceptors (Lipinski definition) is 3. The normalized spacial score (nSPS) is 15.2. The van der Waals surface area contributed by atoms with E-state index in [0.29, 0.717) is 0 Å². The van der Waals surface area contributed by atoms with Crippen LogP contribution in [0.2, 0.25) is 0 Å². The molecular weight excluding hydrogens is 277 g/mol. The van der Waals surface area contributed by atoms with Crippen molar-refractivity contribution < 1.29 is 23.3 Å². The standard InChI is InChI=1S/C14H32NO4P/c1-5-9-12-15(13-10-6-2,14-11-7-3)19-20(16,17)18-8-4/h5-14H2,1-4H3/p+1. The topological polar surface area (TPSA) is 55.8 Å². The van der Waals surface area contributed by atoms with E-state index in [1.54, 1.807) is 6.92 Å². The highest BCUT2D eigenvalue weighted by molar-refractivity contribution is 7.47. The van der Waals surface area contributed by atoms with E-state index in [1.807, 2.05) is 0 Å². The van der Waals surface area contributed by atoms with Gasteiger partial charge in [0.1, 0.15) is 19.6 Å². The summed E-state index contributed by atoms with van der Waals surface area (Å²) in [5.74, 6) is 0. The molecule has 20 heavy (non-hydrogen) atoms. The number of phosphoric ester groups is 1. The first-order valence-corrected chi connectivity index (χ1v) is 9.49. The molecule has 0 aliphatic rings. The number of nitrogens with zero attached hydrogens (tertiary/aromatic N) is 1. The van der Waals surface area contributed by atoms with Crippen molar-refractivity contribution in [3.63, 3.8) is 0 Å². The van der Waals surface area contributed by atoms with Crippen molar-refractivity contribution in [1.82, 2.24) is 0 Å². The third-order valence-electron chi connectivity index (χ3n) is 3.33. The molecule has 0 amide bonds. The van der Waals surface area contributed by atoms with E-state index in [1.165, 1.54) is 0 Å². The largest absolute Gasteiger partial charge is 0.518 e. The van der Waals surface area contributed by atoms with Gasteiger partial charge in [0.2, 0.25) is 0 Å². The first-order valence-electron chi connectivity index (χ1n) is 8.00. The summed E-state index contributed by atoms with van der Waals surface area (Å²) < 4.78 is 22.8. The van der Waals surface area contributed by atoms with Crippen LogP contribution in [0.4, 0.5) is 0 Å². The van der Waals surface area contributed by atoms with Crippen LogP contribution in [0.15, 0.2) is 0 Å². The summed E-state index contributed by atoms with van der Waals surface area (Å²) in [6, 6.07) is 0. The van der Waals surface area contributed by atoms with Crippen molar-refractivity contribution in [2.75, 3.05) is 26.2 Å². The molecular formula is C14H33NO4P+. The molecule has 0 aromatic heterocycles. The van der Waals surface area contributed by atoms with E-state index >= 15 is 0 Å². The van der Waals surface area contributed by atoms with Crippen LogP contribution < -0.4 is 0 Å². The Hall–Kier alpha value is 0.0700. The minimum Gasteiger partial charge on any atom is -0.300 e. The van der Waals surface area contributed by atoms with Crippen molar-refractivity contribution in [3.8, 4) is 0 Å². The van der Waals surface area contributed by atoms with Gasteiger partial charge in [-0.2, -0.15) is 4.65 Å². The van der Waals surface area contributed by atoms with Gasteiger partial charge in [-0.1, -0.05) is 44.7 Å². The maximum atomic E-state index is 12.0. The summed E-state index contributed by atoms with van der Waals surface area (Å²) in [6.45, 7) is 10.6. The Kier molecular flexibility index (Phi) is 10.8. The summed E-state index contributed by atoms with van der Waals surface area (Å²) in [6.07, 6.45) is 6.10. The lowest BCUT2D eigenvalue weighted by Crippen LogP contribution is -2.49. The van der Waals surface area contributed by atoms with E-state index in [0.717, 1.165) is 58.2 Å². The lowest BCUT2D eigenvalue weighted by molar-refractivity contribution is -1.08. The van der Waals surface area contributed by atoms with Crippen LogP contribution in [0.5, 0.6) is 0 Å². The van der Waals surface area contributed by atoms with E-state index in [4.69, 9.17) is 9.15 Å². The smallest absolute Gasteiger partial charge is 0.300 e. The first-order chi connectivity index (χ1) is 9.45. The Morgan fingerprint density at radius 3 is 1.60 bits per heavy atom. The number of unbranched alkanes of at least 4 members (excludes halogenated alkanes) is 3. The number of hydroxylamine groups is 3. The fourth-order valence-electron chi connectivity index (χ4n) is 2.20. The zero-order valence-electron chi connectivity index (χ0n) is 13.6. The molecule has 0 radical (unpaired) electrons. The van der Waals surface area contributed by atoms with Crippen LogP contribution in [0, 0.1) is 0 Å². The van der Waals surface area contributed by atoms with E-state index < -0.39 is 7.82 Å². The molecule has 6 heteroatoms. The second-order valence-electron chi connectivity index (χ2n) is 5.26. The van der Waals surface area contributed by atoms with Gasteiger partial charge in [-0.15, -0.1) is 0 Å². The molecule has 0 aromatic rings. The minimum absolute atomic E-state index is 0.184. The molecule has 0 aromatic carbocycles. The fraction of sp³-hybridized carbons (Fsp3) is 1.00. The summed E-state index contributed by atoms with van der Waals surface area (Å²) in [4.78, 5) is 9.84.